The Morgan fingerprint density at radius 1 is 1.21 bits per heavy atom. The molecule has 7 heteroatoms. The van der Waals surface area contributed by atoms with Gasteiger partial charge in [0.1, 0.15) is 12.4 Å². The van der Waals surface area contributed by atoms with Crippen LogP contribution in [-0.2, 0) is 13.1 Å². The number of carbonyl (C=O) groups excluding carboxylic acids is 1. The molecular formula is C21H25N5O2. The molecule has 28 heavy (non-hydrogen) atoms. The van der Waals surface area contributed by atoms with Gasteiger partial charge >= 0.3 is 0 Å². The molecule has 0 saturated heterocycles. The lowest BCUT2D eigenvalue weighted by atomic mass is 10.1. The summed E-state index contributed by atoms with van der Waals surface area (Å²) < 4.78 is 7.69. The summed E-state index contributed by atoms with van der Waals surface area (Å²) >= 11 is 0. The Bertz CT molecular complexity index is 1040. The summed E-state index contributed by atoms with van der Waals surface area (Å²) in [7, 11) is 3.99. The number of likely N-dealkylation sites (N-methyl/N-ethyl adjacent to an activating group) is 1. The molecule has 3 heterocycles. The molecule has 0 N–H and O–H groups in total. The van der Waals surface area contributed by atoms with E-state index in [-0.39, 0.29) is 5.91 Å². The van der Waals surface area contributed by atoms with E-state index in [0.717, 1.165) is 34.7 Å². The van der Waals surface area contributed by atoms with Crippen LogP contribution in [0.25, 0.3) is 5.65 Å². The molecule has 4 rings (SSSR count). The van der Waals surface area contributed by atoms with Crippen LogP contribution in [0.2, 0.25) is 0 Å². The number of aryl methyl sites for hydroxylation is 2. The van der Waals surface area contributed by atoms with E-state index in [4.69, 9.17) is 4.74 Å². The Hall–Kier alpha value is -2.93. The van der Waals surface area contributed by atoms with Crippen molar-refractivity contribution in [3.8, 4) is 5.75 Å². The number of hydrogen-bond acceptors (Lipinski definition) is 5. The number of para-hydroxylation sites is 1. The van der Waals surface area contributed by atoms with E-state index in [9.17, 15) is 4.79 Å². The van der Waals surface area contributed by atoms with Crippen molar-refractivity contribution in [3.05, 3.63) is 58.5 Å². The Morgan fingerprint density at radius 3 is 2.79 bits per heavy atom. The van der Waals surface area contributed by atoms with Crippen LogP contribution in [0.4, 0.5) is 0 Å². The molecule has 0 spiro atoms. The highest BCUT2D eigenvalue weighted by atomic mass is 16.5. The van der Waals surface area contributed by atoms with Crippen LogP contribution >= 0.6 is 0 Å². The van der Waals surface area contributed by atoms with Crippen LogP contribution in [0.3, 0.4) is 0 Å². The highest BCUT2D eigenvalue weighted by molar-refractivity contribution is 5.97. The molecule has 0 aliphatic carbocycles. The predicted octanol–water partition coefficient (Wildman–Crippen LogP) is 2.44. The van der Waals surface area contributed by atoms with E-state index in [1.165, 1.54) is 0 Å². The van der Waals surface area contributed by atoms with Gasteiger partial charge in [0.25, 0.3) is 5.91 Å². The molecule has 1 aromatic carbocycles. The maximum atomic E-state index is 13.2. The molecule has 146 valence electrons. The lowest BCUT2D eigenvalue weighted by Crippen LogP contribution is -2.27. The molecule has 1 aliphatic rings. The molecular weight excluding hydrogens is 354 g/mol. The Morgan fingerprint density at radius 2 is 2.00 bits per heavy atom. The van der Waals surface area contributed by atoms with Gasteiger partial charge in [-0.25, -0.2) is 9.50 Å². The first-order valence-electron chi connectivity index (χ1n) is 9.44. The first-order chi connectivity index (χ1) is 13.4. The summed E-state index contributed by atoms with van der Waals surface area (Å²) in [4.78, 5) is 21.7. The SMILES string of the molecule is Cc1cn2nc3c(c2nc1C)CN(C(=O)c1ccccc1OCCN(C)C)C3. The van der Waals surface area contributed by atoms with Gasteiger partial charge in [0.15, 0.2) is 5.65 Å². The number of fused-ring (bicyclic) bond motifs is 3. The average Bonchev–Trinajstić information content (AvgIpc) is 3.20. The summed E-state index contributed by atoms with van der Waals surface area (Å²) in [5.74, 6) is 0.582. The molecule has 0 unspecified atom stereocenters. The van der Waals surface area contributed by atoms with Gasteiger partial charge in [-0.2, -0.15) is 5.10 Å². The van der Waals surface area contributed by atoms with E-state index >= 15 is 0 Å². The van der Waals surface area contributed by atoms with Crippen LogP contribution in [-0.4, -0.2) is 57.6 Å². The van der Waals surface area contributed by atoms with Crippen molar-refractivity contribution >= 4 is 11.6 Å². The van der Waals surface area contributed by atoms with Crippen molar-refractivity contribution in [2.24, 2.45) is 0 Å². The van der Waals surface area contributed by atoms with Crippen LogP contribution in [0, 0.1) is 13.8 Å². The minimum absolute atomic E-state index is 0.0413. The molecule has 2 aromatic heterocycles. The van der Waals surface area contributed by atoms with Crippen molar-refractivity contribution in [2.45, 2.75) is 26.9 Å². The van der Waals surface area contributed by atoms with Gasteiger partial charge < -0.3 is 14.5 Å². The Balaban J connectivity index is 1.56. The standard InChI is InChI=1S/C21H25N5O2/c1-14-11-26-20(22-15(14)2)17-12-25(13-18(17)23-26)21(27)16-7-5-6-8-19(16)28-10-9-24(3)4/h5-8,11H,9-10,12-13H2,1-4H3. The second kappa shape index (κ2) is 7.24. The van der Waals surface area contributed by atoms with Gasteiger partial charge in [0.05, 0.1) is 24.3 Å². The molecule has 7 nitrogen and oxygen atoms in total. The van der Waals surface area contributed by atoms with Crippen molar-refractivity contribution in [1.29, 1.82) is 0 Å². The first kappa shape index (κ1) is 18.4. The zero-order chi connectivity index (χ0) is 19.8. The van der Waals surface area contributed by atoms with Crippen LogP contribution in [0.1, 0.15) is 32.9 Å². The minimum Gasteiger partial charge on any atom is -0.491 e. The second-order valence-electron chi connectivity index (χ2n) is 7.51. The minimum atomic E-state index is -0.0413. The summed E-state index contributed by atoms with van der Waals surface area (Å²) in [5, 5.41) is 4.64. The smallest absolute Gasteiger partial charge is 0.258 e. The number of rotatable bonds is 5. The lowest BCUT2D eigenvalue weighted by Gasteiger charge is -2.19. The number of benzene rings is 1. The fourth-order valence-electron chi connectivity index (χ4n) is 3.38. The molecule has 0 radical (unpaired) electrons. The van der Waals surface area contributed by atoms with E-state index in [0.29, 0.717) is 31.0 Å². The number of carbonyl (C=O) groups is 1. The van der Waals surface area contributed by atoms with Crippen molar-refractivity contribution in [2.75, 3.05) is 27.2 Å². The van der Waals surface area contributed by atoms with Gasteiger partial charge in [-0.1, -0.05) is 12.1 Å². The highest BCUT2D eigenvalue weighted by Crippen LogP contribution is 2.29. The average molecular weight is 379 g/mol. The highest BCUT2D eigenvalue weighted by Gasteiger charge is 2.30. The number of amides is 1. The predicted molar refractivity (Wildman–Crippen MR) is 107 cm³/mol. The summed E-state index contributed by atoms with van der Waals surface area (Å²) in [5.41, 5.74) is 5.46. The molecule has 3 aromatic rings. The van der Waals surface area contributed by atoms with Crippen molar-refractivity contribution < 1.29 is 9.53 Å². The molecule has 0 atom stereocenters. The van der Waals surface area contributed by atoms with Crippen LogP contribution < -0.4 is 4.74 Å². The zero-order valence-corrected chi connectivity index (χ0v) is 16.8. The molecule has 1 amide bonds. The fourth-order valence-corrected chi connectivity index (χ4v) is 3.38. The van der Waals surface area contributed by atoms with E-state index < -0.39 is 0 Å². The van der Waals surface area contributed by atoms with Crippen molar-refractivity contribution in [3.63, 3.8) is 0 Å². The third kappa shape index (κ3) is 3.33. The van der Waals surface area contributed by atoms with Gasteiger partial charge in [0.2, 0.25) is 0 Å². The van der Waals surface area contributed by atoms with Gasteiger partial charge in [-0.3, -0.25) is 4.79 Å². The first-order valence-corrected chi connectivity index (χ1v) is 9.44. The molecule has 0 bridgehead atoms. The molecule has 0 fully saturated rings. The Kier molecular flexibility index (Phi) is 4.77. The monoisotopic (exact) mass is 379 g/mol. The van der Waals surface area contributed by atoms with E-state index in [2.05, 4.69) is 10.1 Å². The summed E-state index contributed by atoms with van der Waals surface area (Å²) in [6.07, 6.45) is 2.00. The number of nitrogens with zero attached hydrogens (tertiary/aromatic N) is 5. The topological polar surface area (TPSA) is 63.0 Å². The largest absolute Gasteiger partial charge is 0.491 e. The third-order valence-electron chi connectivity index (χ3n) is 5.11. The van der Waals surface area contributed by atoms with Gasteiger partial charge in [-0.15, -0.1) is 0 Å². The molecule has 0 saturated carbocycles. The summed E-state index contributed by atoms with van der Waals surface area (Å²) in [6, 6.07) is 7.43. The van der Waals surface area contributed by atoms with Crippen LogP contribution in [0.15, 0.2) is 30.5 Å². The van der Waals surface area contributed by atoms with Crippen molar-refractivity contribution in [1.82, 2.24) is 24.4 Å². The second-order valence-corrected chi connectivity index (χ2v) is 7.51. The lowest BCUT2D eigenvalue weighted by molar-refractivity contribution is 0.0745. The zero-order valence-electron chi connectivity index (χ0n) is 16.8. The van der Waals surface area contributed by atoms with Gasteiger partial charge in [-0.05, 0) is 45.6 Å². The normalized spacial score (nSPS) is 13.4. The van der Waals surface area contributed by atoms with E-state index in [1.54, 1.807) is 0 Å². The fraction of sp³-hybridized carbons (Fsp3) is 0.381. The molecule has 1 aliphatic heterocycles. The Labute approximate surface area is 164 Å². The van der Waals surface area contributed by atoms with E-state index in [1.807, 2.05) is 72.7 Å². The third-order valence-corrected chi connectivity index (χ3v) is 5.11. The maximum Gasteiger partial charge on any atom is 0.258 e. The van der Waals surface area contributed by atoms with Gasteiger partial charge in [0, 0.05) is 24.0 Å². The maximum absolute atomic E-state index is 13.2. The quantitative estimate of drug-likeness (QED) is 0.681. The summed E-state index contributed by atoms with van der Waals surface area (Å²) in [6.45, 7) is 6.35. The number of hydrogen-bond donors (Lipinski definition) is 0. The number of ether oxygens (including phenoxy) is 1. The number of aromatic nitrogens is 3. The van der Waals surface area contributed by atoms with Crippen LogP contribution in [0.5, 0.6) is 5.75 Å².